The summed E-state index contributed by atoms with van der Waals surface area (Å²) in [5.41, 5.74) is 7.92. The number of nitrogens with zero attached hydrogens (tertiary/aromatic N) is 4. The fourth-order valence-corrected chi connectivity index (χ4v) is 5.70. The minimum Gasteiger partial charge on any atom is -0.444 e. The third-order valence-electron chi connectivity index (χ3n) is 7.60. The Hall–Kier alpha value is -5.88. The predicted octanol–water partition coefficient (Wildman–Crippen LogP) is 9.09. The molecule has 6 heteroatoms. The molecule has 0 aliphatic carbocycles. The first-order valence-corrected chi connectivity index (χ1v) is 13.6. The number of benzene rings is 4. The van der Waals surface area contributed by atoms with E-state index in [4.69, 9.17) is 18.8 Å². The average Bonchev–Trinajstić information content (AvgIpc) is 3.80. The van der Waals surface area contributed by atoms with E-state index >= 15 is 0 Å². The SMILES string of the molecule is c1ccc(-c2ccc3c(-c4cc(-c5cnco5)ccn4)c4ccccc4c(-c4cc(-c5cnco5)ccn4)c3c2)cc1. The van der Waals surface area contributed by atoms with Crippen molar-refractivity contribution in [2.24, 2.45) is 0 Å². The van der Waals surface area contributed by atoms with Crippen LogP contribution >= 0.6 is 0 Å². The van der Waals surface area contributed by atoms with E-state index in [1.54, 1.807) is 12.4 Å². The molecule has 42 heavy (non-hydrogen) atoms. The third-order valence-corrected chi connectivity index (χ3v) is 7.60. The molecule has 0 fully saturated rings. The van der Waals surface area contributed by atoms with Crippen LogP contribution in [0.1, 0.15) is 0 Å². The molecule has 4 heterocycles. The van der Waals surface area contributed by atoms with Gasteiger partial charge in [0.15, 0.2) is 24.3 Å². The maximum Gasteiger partial charge on any atom is 0.181 e. The molecular weight excluding hydrogens is 520 g/mol. The van der Waals surface area contributed by atoms with Crippen molar-refractivity contribution in [3.63, 3.8) is 0 Å². The van der Waals surface area contributed by atoms with Crippen LogP contribution in [0.4, 0.5) is 0 Å². The summed E-state index contributed by atoms with van der Waals surface area (Å²) in [7, 11) is 0. The highest BCUT2D eigenvalue weighted by molar-refractivity contribution is 6.21. The van der Waals surface area contributed by atoms with Gasteiger partial charge in [-0.2, -0.15) is 0 Å². The highest BCUT2D eigenvalue weighted by Gasteiger charge is 2.20. The van der Waals surface area contributed by atoms with Gasteiger partial charge in [0, 0.05) is 34.6 Å². The highest BCUT2D eigenvalue weighted by Crippen LogP contribution is 2.44. The van der Waals surface area contributed by atoms with E-state index in [9.17, 15) is 0 Å². The van der Waals surface area contributed by atoms with Crippen LogP contribution in [0.3, 0.4) is 0 Å². The summed E-state index contributed by atoms with van der Waals surface area (Å²) in [5, 5.41) is 4.33. The summed E-state index contributed by atoms with van der Waals surface area (Å²) in [6.45, 7) is 0. The van der Waals surface area contributed by atoms with Gasteiger partial charge in [-0.05, 0) is 63.0 Å². The Labute approximate surface area is 241 Å². The van der Waals surface area contributed by atoms with Gasteiger partial charge < -0.3 is 8.83 Å². The zero-order valence-electron chi connectivity index (χ0n) is 22.3. The van der Waals surface area contributed by atoms with Gasteiger partial charge in [0.1, 0.15) is 0 Å². The molecule has 8 aromatic rings. The molecule has 0 spiro atoms. The molecule has 4 aromatic heterocycles. The van der Waals surface area contributed by atoms with Gasteiger partial charge in [0.2, 0.25) is 0 Å². The van der Waals surface area contributed by atoms with E-state index in [0.29, 0.717) is 11.5 Å². The molecule has 0 amide bonds. The fraction of sp³-hybridized carbons (Fsp3) is 0. The van der Waals surface area contributed by atoms with Crippen LogP contribution in [0.2, 0.25) is 0 Å². The molecule has 0 aliphatic rings. The Morgan fingerprint density at radius 3 is 1.55 bits per heavy atom. The molecule has 0 saturated heterocycles. The van der Waals surface area contributed by atoms with Crippen LogP contribution in [0.5, 0.6) is 0 Å². The van der Waals surface area contributed by atoms with Gasteiger partial charge in [0.25, 0.3) is 0 Å². The minimum atomic E-state index is 0.697. The first-order valence-electron chi connectivity index (χ1n) is 13.6. The summed E-state index contributed by atoms with van der Waals surface area (Å²) < 4.78 is 11.2. The van der Waals surface area contributed by atoms with E-state index < -0.39 is 0 Å². The van der Waals surface area contributed by atoms with E-state index in [2.05, 4.69) is 88.8 Å². The molecule has 0 aliphatic heterocycles. The highest BCUT2D eigenvalue weighted by atomic mass is 16.3. The Balaban J connectivity index is 1.47. The summed E-state index contributed by atoms with van der Waals surface area (Å²) in [4.78, 5) is 17.9. The van der Waals surface area contributed by atoms with Crippen LogP contribution in [0.15, 0.2) is 143 Å². The van der Waals surface area contributed by atoms with Crippen molar-refractivity contribution >= 4 is 21.5 Å². The zero-order valence-corrected chi connectivity index (χ0v) is 22.3. The monoisotopic (exact) mass is 542 g/mol. The Morgan fingerprint density at radius 2 is 0.976 bits per heavy atom. The maximum absolute atomic E-state index is 5.62. The third kappa shape index (κ3) is 4.05. The van der Waals surface area contributed by atoms with Crippen molar-refractivity contribution in [3.05, 3.63) is 135 Å². The van der Waals surface area contributed by atoms with Gasteiger partial charge in [-0.1, -0.05) is 66.7 Å². The molecule has 0 N–H and O–H groups in total. The fourth-order valence-electron chi connectivity index (χ4n) is 5.70. The second-order valence-corrected chi connectivity index (χ2v) is 10.0. The molecular formula is C36H22N4O2. The van der Waals surface area contributed by atoms with Crippen molar-refractivity contribution in [2.45, 2.75) is 0 Å². The first kappa shape index (κ1) is 24.0. The number of pyridine rings is 2. The number of fused-ring (bicyclic) bond motifs is 2. The lowest BCUT2D eigenvalue weighted by atomic mass is 9.86. The molecule has 0 saturated carbocycles. The lowest BCUT2D eigenvalue weighted by Crippen LogP contribution is -1.95. The van der Waals surface area contributed by atoms with Gasteiger partial charge in [0.05, 0.1) is 23.8 Å². The Morgan fingerprint density at radius 1 is 0.429 bits per heavy atom. The predicted molar refractivity (Wildman–Crippen MR) is 164 cm³/mol. The Kier molecular flexibility index (Phi) is 5.67. The molecule has 0 bridgehead atoms. The number of oxazole rings is 2. The van der Waals surface area contributed by atoms with Gasteiger partial charge in [-0.15, -0.1) is 0 Å². The van der Waals surface area contributed by atoms with Crippen molar-refractivity contribution < 1.29 is 8.83 Å². The standard InChI is InChI=1S/C36H22N4O2/c1-2-6-23(7-3-1)24-10-11-29-30(16-24)36(32-18-26(13-15-40-32)34-20-38-22-42-34)28-9-5-4-8-27(28)35(29)31-17-25(12-14-39-31)33-19-37-21-41-33/h1-22H. The molecule has 0 unspecified atom stereocenters. The lowest BCUT2D eigenvalue weighted by molar-refractivity contribution is 0.571. The minimum absolute atomic E-state index is 0.697. The maximum atomic E-state index is 5.62. The van der Waals surface area contributed by atoms with Crippen LogP contribution < -0.4 is 0 Å². The van der Waals surface area contributed by atoms with Crippen LogP contribution in [-0.4, -0.2) is 19.9 Å². The van der Waals surface area contributed by atoms with Crippen molar-refractivity contribution in [1.29, 1.82) is 0 Å². The van der Waals surface area contributed by atoms with Gasteiger partial charge in [-0.3, -0.25) is 9.97 Å². The first-order chi connectivity index (χ1) is 20.8. The van der Waals surface area contributed by atoms with E-state index in [-0.39, 0.29) is 0 Å². The van der Waals surface area contributed by atoms with E-state index in [0.717, 1.165) is 66.3 Å². The van der Waals surface area contributed by atoms with Crippen LogP contribution in [0.25, 0.3) is 77.8 Å². The number of hydrogen-bond acceptors (Lipinski definition) is 6. The summed E-state index contributed by atoms with van der Waals surface area (Å²) in [6, 6.07) is 33.5. The lowest BCUT2D eigenvalue weighted by Gasteiger charge is -2.18. The summed E-state index contributed by atoms with van der Waals surface area (Å²) in [5.74, 6) is 1.39. The number of rotatable bonds is 5. The van der Waals surface area contributed by atoms with Gasteiger partial charge >= 0.3 is 0 Å². The second kappa shape index (κ2) is 9.94. The normalized spacial score (nSPS) is 11.3. The van der Waals surface area contributed by atoms with Gasteiger partial charge in [-0.25, -0.2) is 9.97 Å². The van der Waals surface area contributed by atoms with E-state index in [1.165, 1.54) is 12.8 Å². The van der Waals surface area contributed by atoms with Crippen molar-refractivity contribution in [2.75, 3.05) is 0 Å². The zero-order chi connectivity index (χ0) is 27.9. The molecule has 8 rings (SSSR count). The Bertz CT molecular complexity index is 2190. The average molecular weight is 543 g/mol. The van der Waals surface area contributed by atoms with Crippen LogP contribution in [0, 0.1) is 0 Å². The molecule has 0 radical (unpaired) electrons. The van der Waals surface area contributed by atoms with E-state index in [1.807, 2.05) is 30.6 Å². The number of hydrogen-bond donors (Lipinski definition) is 0. The molecule has 4 aromatic carbocycles. The van der Waals surface area contributed by atoms with Crippen molar-refractivity contribution in [1.82, 2.24) is 19.9 Å². The smallest absolute Gasteiger partial charge is 0.181 e. The quantitative estimate of drug-likeness (QED) is 0.202. The molecule has 0 atom stereocenters. The summed E-state index contributed by atoms with van der Waals surface area (Å²) in [6.07, 6.45) is 9.98. The topological polar surface area (TPSA) is 77.8 Å². The second-order valence-electron chi connectivity index (χ2n) is 10.0. The van der Waals surface area contributed by atoms with Crippen LogP contribution in [-0.2, 0) is 0 Å². The molecule has 198 valence electrons. The van der Waals surface area contributed by atoms with Crippen molar-refractivity contribution in [3.8, 4) is 56.3 Å². The molecule has 6 nitrogen and oxygen atoms in total. The largest absolute Gasteiger partial charge is 0.444 e. The summed E-state index contributed by atoms with van der Waals surface area (Å²) >= 11 is 0. The number of aromatic nitrogens is 4.